The van der Waals surface area contributed by atoms with Crippen molar-refractivity contribution in [3.8, 4) is 0 Å². The molecule has 0 aromatic heterocycles. The summed E-state index contributed by atoms with van der Waals surface area (Å²) in [7, 11) is -3.59. The van der Waals surface area contributed by atoms with Crippen molar-refractivity contribution in [3.63, 3.8) is 0 Å². The first-order valence-electron chi connectivity index (χ1n) is 5.92. The van der Waals surface area contributed by atoms with Crippen molar-refractivity contribution in [3.05, 3.63) is 29.8 Å². The first-order chi connectivity index (χ1) is 9.00. The average Bonchev–Trinajstić information content (AvgIpc) is 2.39. The highest BCUT2D eigenvalue weighted by molar-refractivity contribution is 7.93. The van der Waals surface area contributed by atoms with Crippen molar-refractivity contribution < 1.29 is 23.1 Å². The van der Waals surface area contributed by atoms with Crippen LogP contribution >= 0.6 is 0 Å². The number of aromatic carboxylic acids is 1. The van der Waals surface area contributed by atoms with E-state index in [0.29, 0.717) is 26.1 Å². The highest BCUT2D eigenvalue weighted by Gasteiger charge is 2.28. The molecule has 0 radical (unpaired) electrons. The molecular weight excluding hydrogens is 270 g/mol. The molecule has 7 heteroatoms. The second-order valence-corrected chi connectivity index (χ2v) is 6.27. The molecule has 1 fully saturated rings. The molecule has 0 amide bonds. The fourth-order valence-electron chi connectivity index (χ4n) is 1.98. The van der Waals surface area contributed by atoms with Crippen molar-refractivity contribution in [2.24, 2.45) is 0 Å². The minimum atomic E-state index is -3.59. The quantitative estimate of drug-likeness (QED) is 0.870. The normalized spacial score (nSPS) is 17.1. The summed E-state index contributed by atoms with van der Waals surface area (Å²) in [5, 5.41) is 8.48. The van der Waals surface area contributed by atoms with Gasteiger partial charge in [-0.3, -0.25) is 4.72 Å². The molecule has 1 aliphatic rings. The van der Waals surface area contributed by atoms with E-state index in [9.17, 15) is 13.2 Å². The third kappa shape index (κ3) is 3.24. The van der Waals surface area contributed by atoms with Crippen LogP contribution in [-0.2, 0) is 14.8 Å². The van der Waals surface area contributed by atoms with E-state index in [4.69, 9.17) is 9.84 Å². The maximum atomic E-state index is 12.2. The molecule has 1 saturated heterocycles. The summed E-state index contributed by atoms with van der Waals surface area (Å²) in [4.78, 5) is 11.0. The van der Waals surface area contributed by atoms with Crippen LogP contribution in [0.5, 0.6) is 0 Å². The van der Waals surface area contributed by atoms with Crippen LogP contribution < -0.4 is 4.72 Å². The number of anilines is 1. The number of rotatable bonds is 4. The zero-order valence-electron chi connectivity index (χ0n) is 10.2. The predicted octanol–water partition coefficient (Wildman–Crippen LogP) is 1.31. The van der Waals surface area contributed by atoms with Crippen LogP contribution in [0, 0.1) is 0 Å². The minimum absolute atomic E-state index is 0.0573. The molecule has 6 nitrogen and oxygen atoms in total. The fraction of sp³-hybridized carbons (Fsp3) is 0.417. The fourth-order valence-corrected chi connectivity index (χ4v) is 3.45. The number of ether oxygens (including phenoxy) is 1. The van der Waals surface area contributed by atoms with Gasteiger partial charge in [-0.05, 0) is 25.0 Å². The number of hydrogen-bond acceptors (Lipinski definition) is 4. The van der Waals surface area contributed by atoms with Gasteiger partial charge in [-0.15, -0.1) is 0 Å². The monoisotopic (exact) mass is 285 g/mol. The predicted molar refractivity (Wildman–Crippen MR) is 69.8 cm³/mol. The van der Waals surface area contributed by atoms with E-state index in [2.05, 4.69) is 4.72 Å². The van der Waals surface area contributed by atoms with Crippen LogP contribution in [-0.4, -0.2) is 38.0 Å². The largest absolute Gasteiger partial charge is 0.478 e. The van der Waals surface area contributed by atoms with Gasteiger partial charge in [0.15, 0.2) is 0 Å². The van der Waals surface area contributed by atoms with Crippen molar-refractivity contribution in [1.82, 2.24) is 0 Å². The number of carbonyl (C=O) groups is 1. The summed E-state index contributed by atoms with van der Waals surface area (Å²) in [6.07, 6.45) is 0.842. The Morgan fingerprint density at radius 2 is 1.89 bits per heavy atom. The molecule has 1 aromatic rings. The van der Waals surface area contributed by atoms with E-state index < -0.39 is 21.2 Å². The Kier molecular flexibility index (Phi) is 4.06. The molecule has 2 rings (SSSR count). The van der Waals surface area contributed by atoms with Gasteiger partial charge in [0.25, 0.3) is 0 Å². The van der Waals surface area contributed by atoms with Crippen LogP contribution in [0.2, 0.25) is 0 Å². The number of para-hydroxylation sites is 1. The molecule has 0 unspecified atom stereocenters. The third-order valence-electron chi connectivity index (χ3n) is 3.02. The number of nitrogens with one attached hydrogen (secondary N) is 1. The Hall–Kier alpha value is -1.60. The van der Waals surface area contributed by atoms with E-state index >= 15 is 0 Å². The maximum Gasteiger partial charge on any atom is 0.337 e. The lowest BCUT2D eigenvalue weighted by atomic mass is 10.2. The Morgan fingerprint density at radius 3 is 2.53 bits per heavy atom. The van der Waals surface area contributed by atoms with E-state index in [1.807, 2.05) is 0 Å². The van der Waals surface area contributed by atoms with Gasteiger partial charge in [-0.25, -0.2) is 13.2 Å². The SMILES string of the molecule is O=C(O)c1ccccc1NS(=O)(=O)C1CCOCC1. The maximum absolute atomic E-state index is 12.2. The molecule has 0 saturated carbocycles. The first kappa shape index (κ1) is 13.8. The molecule has 1 aliphatic heterocycles. The van der Waals surface area contributed by atoms with Crippen molar-refractivity contribution in [2.45, 2.75) is 18.1 Å². The van der Waals surface area contributed by atoms with E-state index in [0.717, 1.165) is 0 Å². The van der Waals surface area contributed by atoms with Gasteiger partial charge in [-0.2, -0.15) is 0 Å². The summed E-state index contributed by atoms with van der Waals surface area (Å²) < 4.78 is 31.8. The molecule has 0 spiro atoms. The van der Waals surface area contributed by atoms with E-state index in [1.165, 1.54) is 12.1 Å². The van der Waals surface area contributed by atoms with Crippen molar-refractivity contribution in [1.29, 1.82) is 0 Å². The summed E-state index contributed by atoms with van der Waals surface area (Å²) in [6, 6.07) is 5.95. The molecular formula is C12H15NO5S. The number of carboxylic acids is 1. The van der Waals surface area contributed by atoms with Gasteiger partial charge in [0.1, 0.15) is 0 Å². The lowest BCUT2D eigenvalue weighted by Gasteiger charge is -2.23. The Labute approximate surface area is 111 Å². The number of carboxylic acid groups (broad SMARTS) is 1. The minimum Gasteiger partial charge on any atom is -0.478 e. The number of benzene rings is 1. The summed E-state index contributed by atoms with van der Waals surface area (Å²) in [5.41, 5.74) is 0.0413. The van der Waals surface area contributed by atoms with Gasteiger partial charge >= 0.3 is 5.97 Å². The van der Waals surface area contributed by atoms with Crippen LogP contribution in [0.1, 0.15) is 23.2 Å². The van der Waals surface area contributed by atoms with Crippen LogP contribution in [0.3, 0.4) is 0 Å². The lowest BCUT2D eigenvalue weighted by molar-refractivity contribution is 0.0698. The molecule has 0 aliphatic carbocycles. The highest BCUT2D eigenvalue weighted by atomic mass is 32.2. The Bertz CT molecular complexity index is 563. The molecule has 1 heterocycles. The molecule has 104 valence electrons. The first-order valence-corrected chi connectivity index (χ1v) is 7.47. The number of sulfonamides is 1. The Morgan fingerprint density at radius 1 is 1.26 bits per heavy atom. The van der Waals surface area contributed by atoms with Gasteiger partial charge < -0.3 is 9.84 Å². The second kappa shape index (κ2) is 5.58. The van der Waals surface area contributed by atoms with Crippen molar-refractivity contribution >= 4 is 21.7 Å². The highest BCUT2D eigenvalue weighted by Crippen LogP contribution is 2.22. The Balaban J connectivity index is 2.22. The van der Waals surface area contributed by atoms with Gasteiger partial charge in [-0.1, -0.05) is 12.1 Å². The zero-order chi connectivity index (χ0) is 13.9. The van der Waals surface area contributed by atoms with Gasteiger partial charge in [0.2, 0.25) is 10.0 Å². The van der Waals surface area contributed by atoms with Crippen molar-refractivity contribution in [2.75, 3.05) is 17.9 Å². The van der Waals surface area contributed by atoms with E-state index in [1.54, 1.807) is 12.1 Å². The lowest BCUT2D eigenvalue weighted by Crippen LogP contribution is -2.33. The van der Waals surface area contributed by atoms with Crippen LogP contribution in [0.15, 0.2) is 24.3 Å². The molecule has 19 heavy (non-hydrogen) atoms. The smallest absolute Gasteiger partial charge is 0.337 e. The zero-order valence-corrected chi connectivity index (χ0v) is 11.0. The van der Waals surface area contributed by atoms with Gasteiger partial charge in [0, 0.05) is 13.2 Å². The molecule has 0 bridgehead atoms. The summed E-state index contributed by atoms with van der Waals surface area (Å²) >= 11 is 0. The molecule has 0 atom stereocenters. The standard InChI is InChI=1S/C12H15NO5S/c14-12(15)10-3-1-2-4-11(10)13-19(16,17)9-5-7-18-8-6-9/h1-4,9,13H,5-8H2,(H,14,15). The molecule has 2 N–H and O–H groups in total. The second-order valence-electron chi connectivity index (χ2n) is 4.31. The summed E-state index contributed by atoms with van der Waals surface area (Å²) in [5.74, 6) is -1.16. The molecule has 1 aromatic carbocycles. The van der Waals surface area contributed by atoms with E-state index in [-0.39, 0.29) is 11.3 Å². The average molecular weight is 285 g/mol. The third-order valence-corrected chi connectivity index (χ3v) is 4.87. The van der Waals surface area contributed by atoms with Gasteiger partial charge in [0.05, 0.1) is 16.5 Å². The summed E-state index contributed by atoms with van der Waals surface area (Å²) in [6.45, 7) is 0.818. The van der Waals surface area contributed by atoms with Crippen LogP contribution in [0.25, 0.3) is 0 Å². The topological polar surface area (TPSA) is 92.7 Å². The van der Waals surface area contributed by atoms with Crippen LogP contribution in [0.4, 0.5) is 5.69 Å². The number of hydrogen-bond donors (Lipinski definition) is 2.